The van der Waals surface area contributed by atoms with Crippen LogP contribution in [0.2, 0.25) is 0 Å². The molecule has 1 aromatic carbocycles. The van der Waals surface area contributed by atoms with Crippen molar-refractivity contribution in [2.75, 3.05) is 0 Å². The maximum Gasteiger partial charge on any atom is 0.349 e. The first-order chi connectivity index (χ1) is 8.60. The fourth-order valence-electron chi connectivity index (χ4n) is 2.18. The first-order valence-corrected chi connectivity index (χ1v) is 5.99. The number of hydrogen-bond donors (Lipinski definition) is 2. The van der Waals surface area contributed by atoms with Crippen molar-refractivity contribution in [2.45, 2.75) is 31.4 Å². The third kappa shape index (κ3) is 2.71. The highest BCUT2D eigenvalue weighted by atomic mass is 16.5. The van der Waals surface area contributed by atoms with Crippen LogP contribution in [0.4, 0.5) is 0 Å². The molecule has 1 aliphatic rings. The maximum absolute atomic E-state index is 10.9. The number of nitrogens with two attached hydrogens (primary N) is 1. The van der Waals surface area contributed by atoms with Crippen LogP contribution in [0.15, 0.2) is 30.9 Å². The average Bonchev–Trinajstić information content (AvgIpc) is 2.35. The van der Waals surface area contributed by atoms with Crippen molar-refractivity contribution in [3.8, 4) is 5.75 Å². The van der Waals surface area contributed by atoms with Crippen LogP contribution in [0.3, 0.4) is 0 Å². The summed E-state index contributed by atoms with van der Waals surface area (Å²) in [4.78, 5) is 10.9. The maximum atomic E-state index is 10.9. The number of carboxylic acid groups (broad SMARTS) is 1. The quantitative estimate of drug-likeness (QED) is 0.791. The Morgan fingerprint density at radius 2 is 2.33 bits per heavy atom. The van der Waals surface area contributed by atoms with Crippen LogP contribution in [0, 0.1) is 0 Å². The van der Waals surface area contributed by atoms with E-state index in [1.165, 1.54) is 11.6 Å². The zero-order valence-corrected chi connectivity index (χ0v) is 10.1. The molecule has 0 spiro atoms. The molecule has 3 N–H and O–H groups in total. The van der Waals surface area contributed by atoms with E-state index in [4.69, 9.17) is 15.6 Å². The minimum absolute atomic E-state index is 0.183. The van der Waals surface area contributed by atoms with Crippen molar-refractivity contribution >= 4 is 5.97 Å². The predicted molar refractivity (Wildman–Crippen MR) is 68.7 cm³/mol. The summed E-state index contributed by atoms with van der Waals surface area (Å²) >= 11 is 0. The number of ether oxygens (including phenoxy) is 1. The second-order valence-electron chi connectivity index (χ2n) is 4.55. The summed E-state index contributed by atoms with van der Waals surface area (Å²) in [5, 5.41) is 8.90. The SMILES string of the molecule is C=CC(Oc1ccc2c(c1)CC(N)CC2)C(=O)O. The summed E-state index contributed by atoms with van der Waals surface area (Å²) in [6, 6.07) is 5.85. The van der Waals surface area contributed by atoms with Crippen LogP contribution < -0.4 is 10.5 Å². The zero-order chi connectivity index (χ0) is 13.1. The Bertz CT molecular complexity index is 470. The number of benzene rings is 1. The molecular formula is C14H17NO3. The molecule has 0 heterocycles. The summed E-state index contributed by atoms with van der Waals surface area (Å²) in [5.41, 5.74) is 8.35. The highest BCUT2D eigenvalue weighted by molar-refractivity contribution is 5.75. The van der Waals surface area contributed by atoms with Crippen LogP contribution in [0.25, 0.3) is 0 Å². The van der Waals surface area contributed by atoms with E-state index >= 15 is 0 Å². The first-order valence-electron chi connectivity index (χ1n) is 5.99. The molecule has 2 rings (SSSR count). The second kappa shape index (κ2) is 5.23. The Labute approximate surface area is 106 Å². The largest absolute Gasteiger partial charge is 0.478 e. The lowest BCUT2D eigenvalue weighted by atomic mass is 9.89. The van der Waals surface area contributed by atoms with Crippen molar-refractivity contribution in [1.29, 1.82) is 0 Å². The standard InChI is InChI=1S/C14H17NO3/c1-2-13(14(16)17)18-12-6-4-9-3-5-11(15)7-10(9)8-12/h2,4,6,8,11,13H,1,3,5,7,15H2,(H,16,17). The van der Waals surface area contributed by atoms with E-state index in [1.54, 1.807) is 6.07 Å². The van der Waals surface area contributed by atoms with Gasteiger partial charge in [-0.3, -0.25) is 0 Å². The van der Waals surface area contributed by atoms with Crippen molar-refractivity contribution in [3.63, 3.8) is 0 Å². The van der Waals surface area contributed by atoms with Gasteiger partial charge in [-0.25, -0.2) is 4.79 Å². The lowest BCUT2D eigenvalue weighted by Gasteiger charge is -2.22. The molecule has 0 saturated carbocycles. The summed E-state index contributed by atoms with van der Waals surface area (Å²) in [6.45, 7) is 3.45. The Hall–Kier alpha value is -1.81. The monoisotopic (exact) mass is 247 g/mol. The molecule has 0 saturated heterocycles. The van der Waals surface area contributed by atoms with E-state index in [9.17, 15) is 4.79 Å². The summed E-state index contributed by atoms with van der Waals surface area (Å²) in [6.07, 6.45) is 3.05. The van der Waals surface area contributed by atoms with Gasteiger partial charge < -0.3 is 15.6 Å². The van der Waals surface area contributed by atoms with E-state index in [0.717, 1.165) is 24.8 Å². The molecule has 0 fully saturated rings. The minimum Gasteiger partial charge on any atom is -0.478 e. The van der Waals surface area contributed by atoms with E-state index in [0.29, 0.717) is 5.75 Å². The van der Waals surface area contributed by atoms with Crippen molar-refractivity contribution in [1.82, 2.24) is 0 Å². The molecule has 0 bridgehead atoms. The fourth-order valence-corrected chi connectivity index (χ4v) is 2.18. The smallest absolute Gasteiger partial charge is 0.349 e. The van der Waals surface area contributed by atoms with Gasteiger partial charge in [0, 0.05) is 6.04 Å². The number of carbonyl (C=O) groups is 1. The molecular weight excluding hydrogens is 230 g/mol. The van der Waals surface area contributed by atoms with Crippen LogP contribution in [-0.2, 0) is 17.6 Å². The first kappa shape index (κ1) is 12.6. The van der Waals surface area contributed by atoms with Crippen LogP contribution in [-0.4, -0.2) is 23.2 Å². The van der Waals surface area contributed by atoms with E-state index in [2.05, 4.69) is 6.58 Å². The molecule has 0 amide bonds. The molecule has 18 heavy (non-hydrogen) atoms. The van der Waals surface area contributed by atoms with Crippen LogP contribution >= 0.6 is 0 Å². The topological polar surface area (TPSA) is 72.5 Å². The van der Waals surface area contributed by atoms with Gasteiger partial charge in [-0.2, -0.15) is 0 Å². The molecule has 1 aliphatic carbocycles. The lowest BCUT2D eigenvalue weighted by molar-refractivity contribution is -0.142. The summed E-state index contributed by atoms with van der Waals surface area (Å²) in [7, 11) is 0. The molecule has 96 valence electrons. The predicted octanol–water partition coefficient (Wildman–Crippen LogP) is 1.52. The molecule has 4 heteroatoms. The van der Waals surface area contributed by atoms with E-state index in [-0.39, 0.29) is 6.04 Å². The molecule has 0 aromatic heterocycles. The van der Waals surface area contributed by atoms with Gasteiger partial charge >= 0.3 is 5.97 Å². The summed E-state index contributed by atoms with van der Waals surface area (Å²) < 4.78 is 5.37. The molecule has 0 radical (unpaired) electrons. The zero-order valence-electron chi connectivity index (χ0n) is 10.1. The van der Waals surface area contributed by atoms with Gasteiger partial charge in [-0.1, -0.05) is 12.6 Å². The molecule has 4 nitrogen and oxygen atoms in total. The Balaban J connectivity index is 2.18. The van der Waals surface area contributed by atoms with Crippen molar-refractivity contribution in [3.05, 3.63) is 42.0 Å². The Morgan fingerprint density at radius 1 is 1.56 bits per heavy atom. The van der Waals surface area contributed by atoms with Gasteiger partial charge in [-0.15, -0.1) is 0 Å². The van der Waals surface area contributed by atoms with E-state index in [1.807, 2.05) is 12.1 Å². The molecule has 1 aromatic rings. The van der Waals surface area contributed by atoms with Crippen LogP contribution in [0.5, 0.6) is 5.75 Å². The molecule has 2 atom stereocenters. The highest BCUT2D eigenvalue weighted by Gasteiger charge is 2.18. The molecule has 2 unspecified atom stereocenters. The number of carboxylic acids is 1. The molecule has 0 aliphatic heterocycles. The normalized spacial score (nSPS) is 19.7. The number of hydrogen-bond acceptors (Lipinski definition) is 3. The third-order valence-electron chi connectivity index (χ3n) is 3.16. The average molecular weight is 247 g/mol. The fraction of sp³-hybridized carbons (Fsp3) is 0.357. The lowest BCUT2D eigenvalue weighted by Crippen LogP contribution is -2.28. The third-order valence-corrected chi connectivity index (χ3v) is 3.16. The number of aryl methyl sites for hydroxylation is 1. The van der Waals surface area contributed by atoms with Gasteiger partial charge in [0.1, 0.15) is 5.75 Å². The highest BCUT2D eigenvalue weighted by Crippen LogP contribution is 2.25. The number of rotatable bonds is 4. The van der Waals surface area contributed by atoms with Gasteiger partial charge in [-0.05, 0) is 48.6 Å². The Kier molecular flexibility index (Phi) is 3.67. The minimum atomic E-state index is -1.04. The number of aliphatic carboxylic acids is 1. The van der Waals surface area contributed by atoms with Gasteiger partial charge in [0.25, 0.3) is 0 Å². The number of fused-ring (bicyclic) bond motifs is 1. The van der Waals surface area contributed by atoms with Gasteiger partial charge in [0.2, 0.25) is 6.10 Å². The van der Waals surface area contributed by atoms with Crippen molar-refractivity contribution < 1.29 is 14.6 Å². The van der Waals surface area contributed by atoms with Gasteiger partial charge in [0.05, 0.1) is 0 Å². The second-order valence-corrected chi connectivity index (χ2v) is 4.55. The summed E-state index contributed by atoms with van der Waals surface area (Å²) in [5.74, 6) is -0.491. The Morgan fingerprint density at radius 3 is 3.00 bits per heavy atom. The van der Waals surface area contributed by atoms with Gasteiger partial charge in [0.15, 0.2) is 0 Å². The van der Waals surface area contributed by atoms with Crippen LogP contribution in [0.1, 0.15) is 17.5 Å². The van der Waals surface area contributed by atoms with E-state index < -0.39 is 12.1 Å². The van der Waals surface area contributed by atoms with Crippen molar-refractivity contribution in [2.24, 2.45) is 5.73 Å².